The number of carbonyl (C=O) groups excluding carboxylic acids is 2. The Bertz CT molecular complexity index is 792. The molecule has 6 heteroatoms. The van der Waals surface area contributed by atoms with Crippen molar-refractivity contribution in [3.8, 4) is 0 Å². The second-order valence-electron chi connectivity index (χ2n) is 5.26. The first-order valence-corrected chi connectivity index (χ1v) is 7.86. The van der Waals surface area contributed by atoms with Crippen molar-refractivity contribution in [2.24, 2.45) is 0 Å². The molecule has 0 bridgehead atoms. The number of fused-ring (bicyclic) bond motifs is 1. The van der Waals surface area contributed by atoms with Gasteiger partial charge in [0.1, 0.15) is 6.04 Å². The molecule has 0 spiro atoms. The predicted octanol–water partition coefficient (Wildman–Crippen LogP) is 3.31. The van der Waals surface area contributed by atoms with Gasteiger partial charge in [-0.05, 0) is 29.8 Å². The lowest BCUT2D eigenvalue weighted by atomic mass is 10.1. The van der Waals surface area contributed by atoms with Gasteiger partial charge in [0.2, 0.25) is 5.91 Å². The summed E-state index contributed by atoms with van der Waals surface area (Å²) in [6.45, 7) is 0. The van der Waals surface area contributed by atoms with E-state index in [4.69, 9.17) is 23.2 Å². The van der Waals surface area contributed by atoms with Crippen LogP contribution in [0, 0.1) is 0 Å². The van der Waals surface area contributed by atoms with Gasteiger partial charge in [0.25, 0.3) is 5.91 Å². The number of hydrogen-bond acceptors (Lipinski definition) is 2. The summed E-state index contributed by atoms with van der Waals surface area (Å²) in [5.41, 5.74) is 2.01. The summed E-state index contributed by atoms with van der Waals surface area (Å²) >= 11 is 12.0. The zero-order valence-corrected chi connectivity index (χ0v) is 13.9. The molecular formula is C17H14Cl2N2O2. The molecule has 1 N–H and O–H groups in total. The van der Waals surface area contributed by atoms with Gasteiger partial charge in [0.15, 0.2) is 0 Å². The smallest absolute Gasteiger partial charge is 0.260 e. The summed E-state index contributed by atoms with van der Waals surface area (Å²) in [5, 5.41) is 3.34. The highest BCUT2D eigenvalue weighted by molar-refractivity contribution is 6.37. The van der Waals surface area contributed by atoms with E-state index in [0.717, 1.165) is 11.3 Å². The first-order valence-electron chi connectivity index (χ1n) is 7.11. The summed E-state index contributed by atoms with van der Waals surface area (Å²) in [4.78, 5) is 26.7. The first-order chi connectivity index (χ1) is 11.0. The van der Waals surface area contributed by atoms with Crippen molar-refractivity contribution in [2.75, 3.05) is 11.9 Å². The minimum Gasteiger partial charge on any atom is -0.357 e. The molecule has 0 fully saturated rings. The molecule has 1 atom stereocenters. The van der Waals surface area contributed by atoms with Crippen molar-refractivity contribution >= 4 is 40.7 Å². The van der Waals surface area contributed by atoms with Gasteiger partial charge in [0.05, 0.1) is 10.6 Å². The number of likely N-dealkylation sites (N-methyl/N-ethyl adjacent to an activating group) is 1. The Labute approximate surface area is 144 Å². The van der Waals surface area contributed by atoms with E-state index in [1.165, 1.54) is 11.0 Å². The quantitative estimate of drug-likeness (QED) is 0.904. The zero-order valence-electron chi connectivity index (χ0n) is 12.3. The number of hydrogen-bond donors (Lipinski definition) is 1. The molecule has 23 heavy (non-hydrogen) atoms. The molecular weight excluding hydrogens is 335 g/mol. The highest BCUT2D eigenvalue weighted by Gasteiger charge is 2.38. The van der Waals surface area contributed by atoms with Crippen LogP contribution >= 0.6 is 23.2 Å². The van der Waals surface area contributed by atoms with Crippen LogP contribution in [0.5, 0.6) is 0 Å². The average molecular weight is 349 g/mol. The second-order valence-corrected chi connectivity index (χ2v) is 6.11. The van der Waals surface area contributed by atoms with E-state index in [0.29, 0.717) is 17.0 Å². The minimum atomic E-state index is -0.586. The zero-order chi connectivity index (χ0) is 16.6. The van der Waals surface area contributed by atoms with E-state index in [1.54, 1.807) is 19.2 Å². The number of carbonyl (C=O) groups is 2. The van der Waals surface area contributed by atoms with Gasteiger partial charge >= 0.3 is 0 Å². The van der Waals surface area contributed by atoms with Crippen LogP contribution in [0.2, 0.25) is 10.0 Å². The van der Waals surface area contributed by atoms with Gasteiger partial charge in [-0.2, -0.15) is 0 Å². The summed E-state index contributed by atoms with van der Waals surface area (Å²) < 4.78 is 0. The van der Waals surface area contributed by atoms with Gasteiger partial charge in [0, 0.05) is 24.2 Å². The summed E-state index contributed by atoms with van der Waals surface area (Å²) in [7, 11) is 1.56. The maximum Gasteiger partial charge on any atom is 0.260 e. The maximum absolute atomic E-state index is 13.0. The van der Waals surface area contributed by atoms with Gasteiger partial charge in [-0.25, -0.2) is 0 Å². The molecule has 0 aliphatic carbocycles. The third-order valence-electron chi connectivity index (χ3n) is 3.91. The molecule has 0 aromatic heterocycles. The highest BCUT2D eigenvalue weighted by atomic mass is 35.5. The van der Waals surface area contributed by atoms with Crippen LogP contribution in [0.3, 0.4) is 0 Å². The molecule has 118 valence electrons. The molecule has 4 nitrogen and oxygen atoms in total. The number of rotatable bonds is 2. The molecule has 2 aromatic rings. The Morgan fingerprint density at radius 1 is 1.17 bits per heavy atom. The maximum atomic E-state index is 13.0. The van der Waals surface area contributed by atoms with Crippen molar-refractivity contribution in [3.63, 3.8) is 0 Å². The molecule has 1 unspecified atom stereocenters. The largest absolute Gasteiger partial charge is 0.357 e. The SMILES string of the molecule is CNC(=O)C1Cc2ccccc2N1C(=O)c1ccc(Cl)cc1Cl. The number of nitrogens with one attached hydrogen (secondary N) is 1. The van der Waals surface area contributed by atoms with E-state index < -0.39 is 6.04 Å². The van der Waals surface area contributed by atoms with Gasteiger partial charge in [-0.1, -0.05) is 41.4 Å². The predicted molar refractivity (Wildman–Crippen MR) is 91.3 cm³/mol. The van der Waals surface area contributed by atoms with Crippen LogP contribution in [0.4, 0.5) is 5.69 Å². The number of para-hydroxylation sites is 1. The van der Waals surface area contributed by atoms with Crippen molar-refractivity contribution in [1.82, 2.24) is 5.32 Å². The Balaban J connectivity index is 2.06. The van der Waals surface area contributed by atoms with Gasteiger partial charge in [-0.3, -0.25) is 14.5 Å². The summed E-state index contributed by atoms with van der Waals surface area (Å²) in [5.74, 6) is -0.523. The van der Waals surface area contributed by atoms with Gasteiger partial charge < -0.3 is 5.32 Å². The van der Waals surface area contributed by atoms with Crippen molar-refractivity contribution < 1.29 is 9.59 Å². The summed E-state index contributed by atoms with van der Waals surface area (Å²) in [6, 6.07) is 11.6. The van der Waals surface area contributed by atoms with Crippen LogP contribution in [0.15, 0.2) is 42.5 Å². The molecule has 0 saturated carbocycles. The lowest BCUT2D eigenvalue weighted by Crippen LogP contribution is -2.47. The highest BCUT2D eigenvalue weighted by Crippen LogP contribution is 2.34. The fraction of sp³-hybridized carbons (Fsp3) is 0.176. The molecule has 1 aliphatic heterocycles. The Kier molecular flexibility index (Phi) is 4.28. The fourth-order valence-corrected chi connectivity index (χ4v) is 3.30. The lowest BCUT2D eigenvalue weighted by molar-refractivity contribution is -0.121. The van der Waals surface area contributed by atoms with E-state index >= 15 is 0 Å². The van der Waals surface area contributed by atoms with E-state index in [9.17, 15) is 9.59 Å². The molecule has 2 aromatic carbocycles. The Morgan fingerprint density at radius 2 is 1.91 bits per heavy atom. The third-order valence-corrected chi connectivity index (χ3v) is 4.45. The number of nitrogens with zero attached hydrogens (tertiary/aromatic N) is 1. The number of halogens is 2. The fourth-order valence-electron chi connectivity index (χ4n) is 2.81. The normalized spacial score (nSPS) is 16.1. The summed E-state index contributed by atoms with van der Waals surface area (Å²) in [6.07, 6.45) is 0.479. The van der Waals surface area contributed by atoms with Crippen LogP contribution < -0.4 is 10.2 Å². The van der Waals surface area contributed by atoms with Crippen LogP contribution in [0.1, 0.15) is 15.9 Å². The monoisotopic (exact) mass is 348 g/mol. The van der Waals surface area contributed by atoms with Gasteiger partial charge in [-0.15, -0.1) is 0 Å². The third kappa shape index (κ3) is 2.80. The van der Waals surface area contributed by atoms with Crippen molar-refractivity contribution in [3.05, 3.63) is 63.6 Å². The average Bonchev–Trinajstić information content (AvgIpc) is 2.93. The Hall–Kier alpha value is -2.04. The standard InChI is InChI=1S/C17H14Cl2N2O2/c1-20-16(22)15-8-10-4-2-3-5-14(10)21(15)17(23)12-7-6-11(18)9-13(12)19/h2-7,9,15H,8H2,1H3,(H,20,22). The molecule has 0 radical (unpaired) electrons. The molecule has 1 aliphatic rings. The van der Waals surface area contributed by atoms with Crippen molar-refractivity contribution in [1.29, 1.82) is 0 Å². The van der Waals surface area contributed by atoms with Crippen molar-refractivity contribution in [2.45, 2.75) is 12.5 Å². The molecule has 0 saturated heterocycles. The van der Waals surface area contributed by atoms with E-state index in [2.05, 4.69) is 5.32 Å². The number of anilines is 1. The van der Waals surface area contributed by atoms with Crippen LogP contribution in [0.25, 0.3) is 0 Å². The van der Waals surface area contributed by atoms with Crippen LogP contribution in [-0.4, -0.2) is 24.9 Å². The number of amides is 2. The minimum absolute atomic E-state index is 0.209. The molecule has 1 heterocycles. The first kappa shape index (κ1) is 15.8. The second kappa shape index (κ2) is 6.22. The molecule has 3 rings (SSSR count). The number of benzene rings is 2. The van der Waals surface area contributed by atoms with E-state index in [1.807, 2.05) is 24.3 Å². The van der Waals surface area contributed by atoms with E-state index in [-0.39, 0.29) is 16.8 Å². The Morgan fingerprint density at radius 3 is 2.61 bits per heavy atom. The molecule has 2 amide bonds. The lowest BCUT2D eigenvalue weighted by Gasteiger charge is -2.24. The van der Waals surface area contributed by atoms with Crippen LogP contribution in [-0.2, 0) is 11.2 Å². The topological polar surface area (TPSA) is 49.4 Å².